The Morgan fingerprint density at radius 3 is 1.78 bits per heavy atom. The fourth-order valence-corrected chi connectivity index (χ4v) is 4.62. The van der Waals surface area contributed by atoms with Gasteiger partial charge in [-0.2, -0.15) is 0 Å². The van der Waals surface area contributed by atoms with E-state index in [-0.39, 0.29) is 5.82 Å². The van der Waals surface area contributed by atoms with Gasteiger partial charge < -0.3 is 4.74 Å². The second-order valence-corrected chi connectivity index (χ2v) is 7.95. The molecule has 0 saturated heterocycles. The molecule has 2 aliphatic rings. The van der Waals surface area contributed by atoms with Gasteiger partial charge in [-0.25, -0.2) is 4.39 Å². The lowest BCUT2D eigenvalue weighted by molar-refractivity contribution is -0.237. The van der Waals surface area contributed by atoms with Gasteiger partial charge in [0, 0.05) is 0 Å². The maximum absolute atomic E-state index is 13.9. The first kappa shape index (κ1) is 22.0. The lowest BCUT2D eigenvalue weighted by Crippen LogP contribution is -2.24. The summed E-state index contributed by atoms with van der Waals surface area (Å²) in [6.45, 7) is 2.39. The summed E-state index contributed by atoms with van der Waals surface area (Å²) in [5.74, 6) is 3.50. The quantitative estimate of drug-likeness (QED) is 0.487. The number of ether oxygens (including phenoxy) is 1. The van der Waals surface area contributed by atoms with Crippen molar-refractivity contribution in [2.24, 2.45) is 17.8 Å². The van der Waals surface area contributed by atoms with Crippen molar-refractivity contribution in [1.29, 1.82) is 0 Å². The summed E-state index contributed by atoms with van der Waals surface area (Å²) >= 11 is 0. The van der Waals surface area contributed by atoms with Crippen LogP contribution in [0.5, 0.6) is 5.75 Å². The van der Waals surface area contributed by atoms with Gasteiger partial charge in [0.2, 0.25) is 0 Å². The summed E-state index contributed by atoms with van der Waals surface area (Å²) in [4.78, 5) is 0. The van der Waals surface area contributed by atoms with E-state index in [9.17, 15) is 22.0 Å². The topological polar surface area (TPSA) is 9.23 Å². The third kappa shape index (κ3) is 7.30. The van der Waals surface area contributed by atoms with E-state index in [0.717, 1.165) is 23.3 Å². The molecule has 0 spiro atoms. The number of hydrogen-bond donors (Lipinski definition) is 0. The highest BCUT2D eigenvalue weighted by molar-refractivity contribution is 5.31. The van der Waals surface area contributed by atoms with Gasteiger partial charge in [-0.05, 0) is 79.9 Å². The Morgan fingerprint density at radius 1 is 0.852 bits per heavy atom. The Morgan fingerprint density at radius 2 is 1.33 bits per heavy atom. The van der Waals surface area contributed by atoms with Gasteiger partial charge in [-0.1, -0.05) is 25.8 Å². The van der Waals surface area contributed by atoms with Crippen LogP contribution in [0.15, 0.2) is 18.2 Å². The highest BCUT2D eigenvalue weighted by atomic mass is 19.5. The molecule has 0 atom stereocenters. The first-order valence-electron chi connectivity index (χ1n) is 9.76. The molecule has 0 N–H and O–H groups in total. The Kier molecular flexibility index (Phi) is 7.92. The molecule has 1 nitrogen and oxygen atoms in total. The Hall–Kier alpha value is -1.33. The predicted octanol–water partition coefficient (Wildman–Crippen LogP) is 7.41. The number of methoxy groups -OCH3 is 1. The molecule has 0 aromatic heterocycles. The van der Waals surface area contributed by atoms with Gasteiger partial charge in [0.25, 0.3) is 0 Å². The van der Waals surface area contributed by atoms with Crippen molar-refractivity contribution in [3.05, 3.63) is 29.6 Å². The van der Waals surface area contributed by atoms with E-state index < -0.39 is 6.43 Å². The molecule has 0 aliphatic heterocycles. The van der Waals surface area contributed by atoms with E-state index in [2.05, 4.69) is 13.0 Å². The molecule has 2 fully saturated rings. The van der Waals surface area contributed by atoms with Crippen molar-refractivity contribution < 1.29 is 26.7 Å². The van der Waals surface area contributed by atoms with Gasteiger partial charge in [-0.15, -0.1) is 17.6 Å². The number of rotatable bonds is 3. The summed E-state index contributed by atoms with van der Waals surface area (Å²) in [5, 5.41) is 0. The lowest BCUT2D eigenvalue weighted by atomic mass is 9.68. The summed E-state index contributed by atoms with van der Waals surface area (Å²) < 4.78 is 57.7. The first-order valence-corrected chi connectivity index (χ1v) is 9.76. The number of benzene rings is 1. The Labute approximate surface area is 158 Å². The third-order valence-corrected chi connectivity index (χ3v) is 6.15. The van der Waals surface area contributed by atoms with E-state index in [1.54, 1.807) is 12.1 Å². The maximum atomic E-state index is 13.9. The van der Waals surface area contributed by atoms with E-state index in [1.807, 2.05) is 0 Å². The minimum absolute atomic E-state index is 0.219. The van der Waals surface area contributed by atoms with E-state index >= 15 is 0 Å². The summed E-state index contributed by atoms with van der Waals surface area (Å²) in [6, 6.07) is 5.51. The Bertz CT molecular complexity index is 564. The smallest absolute Gasteiger partial charge is 0.494 e. The molecule has 2 aliphatic carbocycles. The van der Waals surface area contributed by atoms with Gasteiger partial charge >= 0.3 is 6.43 Å². The molecule has 2 saturated carbocycles. The molecule has 154 valence electrons. The van der Waals surface area contributed by atoms with Gasteiger partial charge in [-0.3, -0.25) is 0 Å². The summed E-state index contributed by atoms with van der Waals surface area (Å²) in [6.07, 6.45) is 5.34. The van der Waals surface area contributed by atoms with Crippen LogP contribution in [0.4, 0.5) is 22.0 Å². The predicted molar refractivity (Wildman–Crippen MR) is 95.9 cm³/mol. The van der Waals surface area contributed by atoms with E-state index in [4.69, 9.17) is 4.74 Å². The fraction of sp³-hybridized carbons (Fsp3) is 0.714. The fourth-order valence-electron chi connectivity index (χ4n) is 4.62. The van der Waals surface area contributed by atoms with Crippen molar-refractivity contribution in [1.82, 2.24) is 0 Å². The van der Waals surface area contributed by atoms with Gasteiger partial charge in [0.1, 0.15) is 0 Å². The van der Waals surface area contributed by atoms with Gasteiger partial charge in [0.15, 0.2) is 11.6 Å². The number of alkyl halides is 4. The molecular formula is C21H29F5O. The zero-order valence-electron chi connectivity index (χ0n) is 16.0. The second kappa shape index (κ2) is 9.74. The molecule has 0 heterocycles. The summed E-state index contributed by atoms with van der Waals surface area (Å²) in [5.41, 5.74) is 1.16. The minimum Gasteiger partial charge on any atom is -0.494 e. The third-order valence-electron chi connectivity index (χ3n) is 6.15. The van der Waals surface area contributed by atoms with Crippen LogP contribution < -0.4 is 4.74 Å². The van der Waals surface area contributed by atoms with Crippen LogP contribution in [0.1, 0.15) is 69.8 Å². The molecular weight excluding hydrogens is 363 g/mol. The van der Waals surface area contributed by atoms with Crippen LogP contribution in [-0.2, 0) is 0 Å². The SMILES string of the molecule is COc1ccc(C2CCC(C3CCC(C)CC3)CC2)cc1F.FC(F)(F)F. The first-order chi connectivity index (χ1) is 12.7. The van der Waals surface area contributed by atoms with Crippen molar-refractivity contribution in [2.45, 2.75) is 70.6 Å². The average Bonchev–Trinajstić information content (AvgIpc) is 2.61. The van der Waals surface area contributed by atoms with E-state index in [0.29, 0.717) is 11.7 Å². The number of halogens is 5. The minimum atomic E-state index is -5.50. The molecule has 0 bridgehead atoms. The molecule has 0 radical (unpaired) electrons. The van der Waals surface area contributed by atoms with Crippen LogP contribution in [0.3, 0.4) is 0 Å². The van der Waals surface area contributed by atoms with Crippen LogP contribution in [0, 0.1) is 23.6 Å². The highest BCUT2D eigenvalue weighted by Gasteiger charge is 2.30. The second-order valence-electron chi connectivity index (χ2n) is 7.95. The van der Waals surface area contributed by atoms with E-state index in [1.165, 1.54) is 58.5 Å². The largest absolute Gasteiger partial charge is 0.559 e. The van der Waals surface area contributed by atoms with Crippen LogP contribution in [-0.4, -0.2) is 13.5 Å². The lowest BCUT2D eigenvalue weighted by Gasteiger charge is -2.37. The van der Waals surface area contributed by atoms with Crippen molar-refractivity contribution >= 4 is 0 Å². The molecule has 1 aromatic carbocycles. The average molecular weight is 392 g/mol. The van der Waals surface area contributed by atoms with Crippen LogP contribution in [0.25, 0.3) is 0 Å². The molecule has 6 heteroatoms. The maximum Gasteiger partial charge on any atom is 0.559 e. The summed E-state index contributed by atoms with van der Waals surface area (Å²) in [7, 11) is 1.52. The monoisotopic (exact) mass is 392 g/mol. The highest BCUT2D eigenvalue weighted by Crippen LogP contribution is 2.44. The van der Waals surface area contributed by atoms with Crippen molar-refractivity contribution in [3.63, 3.8) is 0 Å². The van der Waals surface area contributed by atoms with Crippen LogP contribution >= 0.6 is 0 Å². The molecule has 3 rings (SSSR count). The Balaban J connectivity index is 0.000000465. The molecule has 0 amide bonds. The molecule has 27 heavy (non-hydrogen) atoms. The normalized spacial score (nSPS) is 28.9. The van der Waals surface area contributed by atoms with Crippen molar-refractivity contribution in [2.75, 3.05) is 7.11 Å². The van der Waals surface area contributed by atoms with Crippen molar-refractivity contribution in [3.8, 4) is 5.75 Å². The molecule has 0 unspecified atom stereocenters. The molecule has 1 aromatic rings. The zero-order chi connectivity index (χ0) is 20.0. The van der Waals surface area contributed by atoms with Crippen LogP contribution in [0.2, 0.25) is 0 Å². The zero-order valence-corrected chi connectivity index (χ0v) is 16.0. The van der Waals surface area contributed by atoms with Gasteiger partial charge in [0.05, 0.1) is 7.11 Å². The standard InChI is InChI=1S/C20H29FO.CF4/c1-14-3-5-15(6-4-14)16-7-9-17(10-8-16)18-11-12-20(22-2)19(21)13-18;2-1(3,4)5/h11-17H,3-10H2,1-2H3;. The number of hydrogen-bond acceptors (Lipinski definition) is 1.